The quantitative estimate of drug-likeness (QED) is 0.229. The minimum absolute atomic E-state index is 0.0200. The number of halogens is 1. The van der Waals surface area contributed by atoms with Gasteiger partial charge in [-0.25, -0.2) is 4.98 Å². The van der Waals surface area contributed by atoms with Crippen LogP contribution in [0, 0.1) is 10.1 Å². The Morgan fingerprint density at radius 1 is 1.00 bits per heavy atom. The number of nitro benzene ring substituents is 1. The summed E-state index contributed by atoms with van der Waals surface area (Å²) >= 11 is 6.09. The summed E-state index contributed by atoms with van der Waals surface area (Å²) in [7, 11) is 0. The van der Waals surface area contributed by atoms with Crippen molar-refractivity contribution in [1.82, 2.24) is 20.2 Å². The number of hydrogen-bond donors (Lipinski definition) is 3. The third kappa shape index (κ3) is 5.45. The molecule has 4 aromatic rings. The summed E-state index contributed by atoms with van der Waals surface area (Å²) in [6.45, 7) is 6.22. The predicted octanol–water partition coefficient (Wildman–Crippen LogP) is 6.21. The van der Waals surface area contributed by atoms with Crippen molar-refractivity contribution in [2.75, 3.05) is 10.6 Å². The fourth-order valence-electron chi connectivity index (χ4n) is 3.10. The fourth-order valence-corrected chi connectivity index (χ4v) is 3.29. The minimum atomic E-state index is -0.437. The number of nitro groups is 1. The second-order valence-electron chi connectivity index (χ2n) is 8.45. The molecule has 4 rings (SSSR count). The molecule has 0 aliphatic carbocycles. The molecule has 10 heteroatoms. The van der Waals surface area contributed by atoms with Crippen molar-refractivity contribution in [3.05, 3.63) is 81.5 Å². The molecule has 0 saturated heterocycles. The van der Waals surface area contributed by atoms with E-state index >= 15 is 0 Å². The third-order valence-corrected chi connectivity index (χ3v) is 5.00. The molecule has 0 fully saturated rings. The van der Waals surface area contributed by atoms with E-state index in [9.17, 15) is 10.1 Å². The van der Waals surface area contributed by atoms with Gasteiger partial charge < -0.3 is 10.6 Å². The molecule has 0 aliphatic heterocycles. The second-order valence-corrected chi connectivity index (χ2v) is 8.88. The Morgan fingerprint density at radius 3 is 2.48 bits per heavy atom. The molecule has 0 bridgehead atoms. The molecule has 0 spiro atoms. The fraction of sp³-hybridized carbons (Fsp3) is 0.174. The lowest BCUT2D eigenvalue weighted by atomic mass is 9.92. The van der Waals surface area contributed by atoms with Crippen molar-refractivity contribution in [3.63, 3.8) is 0 Å². The third-order valence-electron chi connectivity index (χ3n) is 4.77. The normalized spacial score (nSPS) is 11.3. The number of non-ortho nitro benzene ring substituents is 1. The lowest BCUT2D eigenvalue weighted by molar-refractivity contribution is -0.384. The zero-order chi connectivity index (χ0) is 23.6. The Balaban J connectivity index is 1.73. The van der Waals surface area contributed by atoms with Gasteiger partial charge in [-0.15, -0.1) is 0 Å². The van der Waals surface area contributed by atoms with Crippen LogP contribution in [0.4, 0.5) is 29.0 Å². The van der Waals surface area contributed by atoms with Crippen LogP contribution in [0.25, 0.3) is 11.3 Å². The lowest BCUT2D eigenvalue weighted by Gasteiger charge is -2.13. The SMILES string of the molecule is CC(C)(C)c1cc(Nc2cc(-c3cccc([N+](=O)[O-])c3)nc(Nc3cccc(Cl)c3)n2)[nH]n1. The highest BCUT2D eigenvalue weighted by atomic mass is 35.5. The number of nitrogens with zero attached hydrogens (tertiary/aromatic N) is 4. The standard InChI is InChI=1S/C23H22ClN7O2/c1-23(2,3)19-13-21(30-29-19)27-20-12-18(14-6-4-9-17(10-14)31(32)33)26-22(28-20)25-16-8-5-7-15(24)11-16/h4-13H,1-3H3,(H3,25,26,27,28,29,30). The van der Waals surface area contributed by atoms with Gasteiger partial charge in [0.1, 0.15) is 11.6 Å². The first-order chi connectivity index (χ1) is 15.7. The van der Waals surface area contributed by atoms with Crippen LogP contribution >= 0.6 is 11.6 Å². The smallest absolute Gasteiger partial charge is 0.270 e. The summed E-state index contributed by atoms with van der Waals surface area (Å²) in [6, 6.07) is 17.1. The summed E-state index contributed by atoms with van der Waals surface area (Å²) in [5.41, 5.74) is 2.57. The van der Waals surface area contributed by atoms with Crippen LogP contribution in [0.2, 0.25) is 5.02 Å². The molecule has 3 N–H and O–H groups in total. The van der Waals surface area contributed by atoms with Crippen LogP contribution in [0.5, 0.6) is 0 Å². The van der Waals surface area contributed by atoms with Crippen molar-refractivity contribution in [3.8, 4) is 11.3 Å². The average Bonchev–Trinajstić information content (AvgIpc) is 3.23. The molecule has 2 heterocycles. The van der Waals surface area contributed by atoms with Crippen molar-refractivity contribution < 1.29 is 4.92 Å². The number of nitrogens with one attached hydrogen (secondary N) is 3. The topological polar surface area (TPSA) is 122 Å². The molecule has 33 heavy (non-hydrogen) atoms. The van der Waals surface area contributed by atoms with Gasteiger partial charge in [-0.2, -0.15) is 10.1 Å². The molecule has 9 nitrogen and oxygen atoms in total. The van der Waals surface area contributed by atoms with E-state index in [1.807, 2.05) is 18.2 Å². The van der Waals surface area contributed by atoms with Gasteiger partial charge in [0.15, 0.2) is 0 Å². The minimum Gasteiger partial charge on any atom is -0.325 e. The van der Waals surface area contributed by atoms with Gasteiger partial charge in [-0.1, -0.05) is 50.6 Å². The highest BCUT2D eigenvalue weighted by Gasteiger charge is 2.18. The van der Waals surface area contributed by atoms with E-state index in [0.29, 0.717) is 39.6 Å². The zero-order valence-corrected chi connectivity index (χ0v) is 19.0. The zero-order valence-electron chi connectivity index (χ0n) is 18.3. The lowest BCUT2D eigenvalue weighted by Crippen LogP contribution is -2.11. The summed E-state index contributed by atoms with van der Waals surface area (Å²) in [5.74, 6) is 1.46. The maximum Gasteiger partial charge on any atom is 0.270 e. The predicted molar refractivity (Wildman–Crippen MR) is 129 cm³/mol. The van der Waals surface area contributed by atoms with Crippen LogP contribution in [0.1, 0.15) is 26.5 Å². The van der Waals surface area contributed by atoms with Gasteiger partial charge >= 0.3 is 0 Å². The van der Waals surface area contributed by atoms with Crippen LogP contribution in [-0.2, 0) is 5.41 Å². The molecular formula is C23H22ClN7O2. The van der Waals surface area contributed by atoms with Gasteiger partial charge in [0.2, 0.25) is 5.95 Å². The monoisotopic (exact) mass is 463 g/mol. The number of aromatic amines is 1. The van der Waals surface area contributed by atoms with E-state index in [1.54, 1.807) is 30.3 Å². The maximum absolute atomic E-state index is 11.2. The van der Waals surface area contributed by atoms with Crippen molar-refractivity contribution >= 4 is 40.6 Å². The Bertz CT molecular complexity index is 1310. The Morgan fingerprint density at radius 2 is 1.79 bits per heavy atom. The number of rotatable bonds is 6. The molecule has 0 radical (unpaired) electrons. The first-order valence-corrected chi connectivity index (χ1v) is 10.5. The largest absolute Gasteiger partial charge is 0.325 e. The van der Waals surface area contributed by atoms with Gasteiger partial charge in [0.05, 0.1) is 16.3 Å². The van der Waals surface area contributed by atoms with Crippen LogP contribution < -0.4 is 10.6 Å². The molecule has 0 aliphatic rings. The second kappa shape index (κ2) is 8.87. The van der Waals surface area contributed by atoms with E-state index < -0.39 is 4.92 Å². The number of H-pyrrole nitrogens is 1. The Labute approximate surface area is 195 Å². The van der Waals surface area contributed by atoms with Gasteiger partial charge in [-0.05, 0) is 18.2 Å². The average molecular weight is 464 g/mol. The van der Waals surface area contributed by atoms with Crippen molar-refractivity contribution in [2.45, 2.75) is 26.2 Å². The highest BCUT2D eigenvalue weighted by Crippen LogP contribution is 2.29. The molecule has 0 saturated carbocycles. The summed E-state index contributed by atoms with van der Waals surface area (Å²) in [4.78, 5) is 19.9. The van der Waals surface area contributed by atoms with Crippen LogP contribution in [-0.4, -0.2) is 25.1 Å². The number of hydrogen-bond acceptors (Lipinski definition) is 7. The maximum atomic E-state index is 11.2. The Hall–Kier alpha value is -3.98. The molecule has 2 aromatic carbocycles. The van der Waals surface area contributed by atoms with Gasteiger partial charge in [0.25, 0.3) is 5.69 Å². The molecule has 168 valence electrons. The highest BCUT2D eigenvalue weighted by molar-refractivity contribution is 6.30. The molecular weight excluding hydrogens is 442 g/mol. The summed E-state index contributed by atoms with van der Waals surface area (Å²) in [5, 5.41) is 25.5. The van der Waals surface area contributed by atoms with E-state index in [4.69, 9.17) is 11.6 Å². The first kappa shape index (κ1) is 22.2. The molecule has 0 unspecified atom stereocenters. The number of benzene rings is 2. The van der Waals surface area contributed by atoms with E-state index in [2.05, 4.69) is 51.6 Å². The van der Waals surface area contributed by atoms with Crippen molar-refractivity contribution in [2.24, 2.45) is 0 Å². The van der Waals surface area contributed by atoms with E-state index in [0.717, 1.165) is 5.69 Å². The Kier molecular flexibility index (Phi) is 5.97. The first-order valence-electron chi connectivity index (χ1n) is 10.2. The van der Waals surface area contributed by atoms with Crippen molar-refractivity contribution in [1.29, 1.82) is 0 Å². The van der Waals surface area contributed by atoms with Gasteiger partial charge in [-0.3, -0.25) is 15.2 Å². The summed E-state index contributed by atoms with van der Waals surface area (Å²) in [6.07, 6.45) is 0. The van der Waals surface area contributed by atoms with Crippen LogP contribution in [0.15, 0.2) is 60.7 Å². The van der Waals surface area contributed by atoms with Gasteiger partial charge in [0, 0.05) is 46.0 Å². The van der Waals surface area contributed by atoms with E-state index in [-0.39, 0.29) is 11.1 Å². The molecule has 0 amide bonds. The number of anilines is 4. The van der Waals surface area contributed by atoms with E-state index in [1.165, 1.54) is 12.1 Å². The van der Waals surface area contributed by atoms with Crippen LogP contribution in [0.3, 0.4) is 0 Å². The summed E-state index contributed by atoms with van der Waals surface area (Å²) < 4.78 is 0. The molecule has 0 atom stereocenters. The number of aromatic nitrogens is 4. The molecule has 2 aromatic heterocycles.